The number of sulfone groups is 1. The van der Waals surface area contributed by atoms with Crippen LogP contribution in [0.3, 0.4) is 0 Å². The van der Waals surface area contributed by atoms with E-state index in [0.717, 1.165) is 0 Å². The summed E-state index contributed by atoms with van der Waals surface area (Å²) in [5.74, 6) is -0.0639. The Labute approximate surface area is 82.2 Å². The van der Waals surface area contributed by atoms with E-state index in [1.54, 1.807) is 0 Å². The Bertz CT molecular complexity index is 243. The largest absolute Gasteiger partial charge is 0.386 e. The summed E-state index contributed by atoms with van der Waals surface area (Å²) in [6.45, 7) is 1.31. The number of rotatable bonds is 7. The molecular formula is C7H15F2NO3S. The molecule has 0 aliphatic carbocycles. The molecule has 0 heterocycles. The van der Waals surface area contributed by atoms with Crippen molar-refractivity contribution >= 4 is 9.84 Å². The molecule has 4 nitrogen and oxygen atoms in total. The zero-order valence-corrected chi connectivity index (χ0v) is 8.73. The highest BCUT2D eigenvalue weighted by molar-refractivity contribution is 7.91. The maximum absolute atomic E-state index is 11.7. The molecule has 0 saturated heterocycles. The molecule has 0 bridgehead atoms. The van der Waals surface area contributed by atoms with Crippen molar-refractivity contribution in [1.82, 2.24) is 5.32 Å². The Hall–Kier alpha value is -0.270. The SMILES string of the molecule is CCS(=O)(=O)CCNCC(O)C(F)F. The molecule has 14 heavy (non-hydrogen) atoms. The van der Waals surface area contributed by atoms with Gasteiger partial charge in [0.05, 0.1) is 5.75 Å². The van der Waals surface area contributed by atoms with Crippen molar-refractivity contribution in [2.24, 2.45) is 0 Å². The fourth-order valence-electron chi connectivity index (χ4n) is 0.711. The van der Waals surface area contributed by atoms with Gasteiger partial charge in [-0.25, -0.2) is 17.2 Å². The van der Waals surface area contributed by atoms with E-state index in [1.807, 2.05) is 0 Å². The van der Waals surface area contributed by atoms with Gasteiger partial charge in [-0.05, 0) is 0 Å². The van der Waals surface area contributed by atoms with Crippen molar-refractivity contribution in [3.8, 4) is 0 Å². The summed E-state index contributed by atoms with van der Waals surface area (Å²) in [4.78, 5) is 0. The lowest BCUT2D eigenvalue weighted by Crippen LogP contribution is -2.34. The predicted molar refractivity (Wildman–Crippen MR) is 49.2 cm³/mol. The topological polar surface area (TPSA) is 66.4 Å². The van der Waals surface area contributed by atoms with Crippen LogP contribution in [0.5, 0.6) is 0 Å². The highest BCUT2D eigenvalue weighted by atomic mass is 32.2. The Balaban J connectivity index is 3.57. The highest BCUT2D eigenvalue weighted by Gasteiger charge is 2.16. The molecule has 0 aliphatic heterocycles. The predicted octanol–water partition coefficient (Wildman–Crippen LogP) is -0.363. The lowest BCUT2D eigenvalue weighted by molar-refractivity contribution is -0.00292. The Morgan fingerprint density at radius 2 is 2.00 bits per heavy atom. The molecule has 7 heteroatoms. The summed E-state index contributed by atoms with van der Waals surface area (Å²) < 4.78 is 45.3. The van der Waals surface area contributed by atoms with Crippen molar-refractivity contribution in [2.75, 3.05) is 24.6 Å². The Morgan fingerprint density at radius 1 is 1.43 bits per heavy atom. The van der Waals surface area contributed by atoms with Crippen molar-refractivity contribution in [1.29, 1.82) is 0 Å². The fourth-order valence-corrected chi connectivity index (χ4v) is 1.46. The Kier molecular flexibility index (Phi) is 6.14. The van der Waals surface area contributed by atoms with Crippen LogP contribution in [0.1, 0.15) is 6.92 Å². The van der Waals surface area contributed by atoms with E-state index in [2.05, 4.69) is 5.32 Å². The van der Waals surface area contributed by atoms with Gasteiger partial charge in [0, 0.05) is 18.8 Å². The molecule has 0 saturated carbocycles. The summed E-state index contributed by atoms with van der Waals surface area (Å²) in [7, 11) is -3.07. The van der Waals surface area contributed by atoms with Crippen LogP contribution in [0.2, 0.25) is 0 Å². The number of aliphatic hydroxyl groups excluding tert-OH is 1. The molecule has 0 aromatic rings. The van der Waals surface area contributed by atoms with E-state index in [9.17, 15) is 17.2 Å². The van der Waals surface area contributed by atoms with E-state index in [1.165, 1.54) is 6.92 Å². The number of alkyl halides is 2. The second-order valence-electron chi connectivity index (χ2n) is 2.84. The first-order valence-corrected chi connectivity index (χ1v) is 6.08. The third-order valence-electron chi connectivity index (χ3n) is 1.67. The number of hydrogen-bond donors (Lipinski definition) is 2. The van der Waals surface area contributed by atoms with Crippen LogP contribution >= 0.6 is 0 Å². The van der Waals surface area contributed by atoms with Crippen LogP contribution in [0.25, 0.3) is 0 Å². The molecule has 0 amide bonds. The average Bonchev–Trinajstić information content (AvgIpc) is 2.12. The van der Waals surface area contributed by atoms with Crippen molar-refractivity contribution in [3.63, 3.8) is 0 Å². The van der Waals surface area contributed by atoms with Crippen molar-refractivity contribution in [2.45, 2.75) is 19.5 Å². The summed E-state index contributed by atoms with van der Waals surface area (Å²) in [6, 6.07) is 0. The zero-order chi connectivity index (χ0) is 11.2. The smallest absolute Gasteiger partial charge is 0.265 e. The highest BCUT2D eigenvalue weighted by Crippen LogP contribution is 1.98. The molecule has 86 valence electrons. The molecule has 0 aliphatic rings. The van der Waals surface area contributed by atoms with Crippen LogP contribution in [0.4, 0.5) is 8.78 Å². The number of aliphatic hydroxyl groups is 1. The van der Waals surface area contributed by atoms with Crippen LogP contribution in [0, 0.1) is 0 Å². The van der Waals surface area contributed by atoms with Gasteiger partial charge >= 0.3 is 0 Å². The molecule has 0 aromatic carbocycles. The van der Waals surface area contributed by atoms with Gasteiger partial charge in [-0.3, -0.25) is 0 Å². The van der Waals surface area contributed by atoms with E-state index in [4.69, 9.17) is 5.11 Å². The molecule has 1 unspecified atom stereocenters. The first-order valence-electron chi connectivity index (χ1n) is 4.26. The first kappa shape index (κ1) is 13.7. The second-order valence-corrected chi connectivity index (χ2v) is 5.32. The summed E-state index contributed by atoms with van der Waals surface area (Å²) in [5.41, 5.74) is 0. The maximum atomic E-state index is 11.7. The van der Waals surface area contributed by atoms with Crippen molar-refractivity contribution in [3.05, 3.63) is 0 Å². The quantitative estimate of drug-likeness (QED) is 0.587. The van der Waals surface area contributed by atoms with Crippen LogP contribution in [0.15, 0.2) is 0 Å². The third kappa shape index (κ3) is 6.22. The summed E-state index contributed by atoms with van der Waals surface area (Å²) in [6.07, 6.45) is -4.54. The zero-order valence-electron chi connectivity index (χ0n) is 7.91. The molecule has 2 N–H and O–H groups in total. The molecule has 0 rings (SSSR count). The minimum absolute atomic E-state index is 0.0338. The number of halogens is 2. The standard InChI is InChI=1S/C7H15F2NO3S/c1-2-14(12,13)4-3-10-5-6(11)7(8)9/h6-7,10-11H,2-5H2,1H3. The lowest BCUT2D eigenvalue weighted by atomic mass is 10.4. The molecule has 0 aromatic heterocycles. The number of nitrogens with one attached hydrogen (secondary N) is 1. The molecule has 0 spiro atoms. The van der Waals surface area contributed by atoms with Gasteiger partial charge in [-0.1, -0.05) is 6.92 Å². The maximum Gasteiger partial charge on any atom is 0.265 e. The van der Waals surface area contributed by atoms with Crippen LogP contribution < -0.4 is 5.32 Å². The monoisotopic (exact) mass is 231 g/mol. The van der Waals surface area contributed by atoms with E-state index in [-0.39, 0.29) is 24.6 Å². The fraction of sp³-hybridized carbons (Fsp3) is 1.00. The van der Waals surface area contributed by atoms with Crippen molar-refractivity contribution < 1.29 is 22.3 Å². The van der Waals surface area contributed by atoms with Gasteiger partial charge in [0.1, 0.15) is 6.10 Å². The summed E-state index contributed by atoms with van der Waals surface area (Å²) >= 11 is 0. The first-order chi connectivity index (χ1) is 6.39. The average molecular weight is 231 g/mol. The third-order valence-corrected chi connectivity index (χ3v) is 3.38. The van der Waals surface area contributed by atoms with Gasteiger partial charge in [0.25, 0.3) is 6.43 Å². The van der Waals surface area contributed by atoms with Crippen LogP contribution in [-0.4, -0.2) is 50.6 Å². The number of hydrogen-bond acceptors (Lipinski definition) is 4. The minimum atomic E-state index is -3.07. The Morgan fingerprint density at radius 3 is 2.43 bits per heavy atom. The van der Waals surface area contributed by atoms with Gasteiger partial charge in [0.15, 0.2) is 9.84 Å². The molecule has 0 radical (unpaired) electrons. The van der Waals surface area contributed by atoms with Gasteiger partial charge < -0.3 is 10.4 Å². The van der Waals surface area contributed by atoms with E-state index >= 15 is 0 Å². The molecular weight excluding hydrogens is 216 g/mol. The van der Waals surface area contributed by atoms with E-state index < -0.39 is 22.4 Å². The van der Waals surface area contributed by atoms with Gasteiger partial charge in [-0.2, -0.15) is 0 Å². The minimum Gasteiger partial charge on any atom is -0.386 e. The van der Waals surface area contributed by atoms with Gasteiger partial charge in [0.2, 0.25) is 0 Å². The van der Waals surface area contributed by atoms with E-state index in [0.29, 0.717) is 0 Å². The lowest BCUT2D eigenvalue weighted by Gasteiger charge is -2.10. The van der Waals surface area contributed by atoms with Crippen LogP contribution in [-0.2, 0) is 9.84 Å². The summed E-state index contributed by atoms with van der Waals surface area (Å²) in [5, 5.41) is 11.1. The van der Waals surface area contributed by atoms with Gasteiger partial charge in [-0.15, -0.1) is 0 Å². The molecule has 0 fully saturated rings. The second kappa shape index (κ2) is 6.26. The normalized spacial score (nSPS) is 14.6. The molecule has 1 atom stereocenters.